The van der Waals surface area contributed by atoms with E-state index in [9.17, 15) is 4.79 Å². The molecule has 0 fully saturated rings. The van der Waals surface area contributed by atoms with Crippen molar-refractivity contribution in [1.82, 2.24) is 10.3 Å². The molecule has 0 bridgehead atoms. The van der Waals surface area contributed by atoms with Crippen molar-refractivity contribution < 1.29 is 4.79 Å². The van der Waals surface area contributed by atoms with E-state index in [2.05, 4.69) is 15.6 Å². The molecule has 1 aromatic rings. The minimum atomic E-state index is -0.316. The second kappa shape index (κ2) is 7.12. The molecule has 0 aromatic carbocycles. The summed E-state index contributed by atoms with van der Waals surface area (Å²) < 4.78 is 0. The Kier molecular flexibility index (Phi) is 5.80. The Morgan fingerprint density at radius 2 is 1.90 bits per heavy atom. The number of aromatic nitrogens is 1. The van der Waals surface area contributed by atoms with Gasteiger partial charge in [0, 0.05) is 18.5 Å². The minimum absolute atomic E-state index is 0.0984. The van der Waals surface area contributed by atoms with Gasteiger partial charge in [-0.15, -0.1) is 0 Å². The number of nitrogens with zero attached hydrogens (tertiary/aromatic N) is 1. The molecule has 112 valence electrons. The van der Waals surface area contributed by atoms with Gasteiger partial charge in [-0.2, -0.15) is 0 Å². The first kappa shape index (κ1) is 16.3. The molecule has 0 aliphatic rings. The third-order valence-corrected chi connectivity index (χ3v) is 3.00. The number of amides is 1. The third-order valence-electron chi connectivity index (χ3n) is 3.00. The predicted octanol–water partition coefficient (Wildman–Crippen LogP) is 2.33. The van der Waals surface area contributed by atoms with E-state index in [0.29, 0.717) is 12.2 Å². The molecule has 0 aliphatic heterocycles. The summed E-state index contributed by atoms with van der Waals surface area (Å²) in [5.41, 5.74) is 6.95. The maximum atomic E-state index is 11.6. The summed E-state index contributed by atoms with van der Waals surface area (Å²) in [6.45, 7) is 9.19. The van der Waals surface area contributed by atoms with Crippen LogP contribution >= 0.6 is 0 Å². The summed E-state index contributed by atoms with van der Waals surface area (Å²) in [4.78, 5) is 16.0. The Morgan fingerprint density at radius 1 is 1.25 bits per heavy atom. The van der Waals surface area contributed by atoms with Crippen LogP contribution in [-0.4, -0.2) is 24.0 Å². The van der Waals surface area contributed by atoms with Gasteiger partial charge >= 0.3 is 0 Å². The second-order valence-electron chi connectivity index (χ2n) is 6.01. The highest BCUT2D eigenvalue weighted by Gasteiger charge is 2.19. The number of nitrogen functional groups attached to an aromatic ring is 1. The Morgan fingerprint density at radius 3 is 2.50 bits per heavy atom. The molecule has 5 nitrogen and oxygen atoms in total. The number of hydrogen-bond donors (Lipinski definition) is 3. The van der Waals surface area contributed by atoms with Crippen molar-refractivity contribution in [2.75, 3.05) is 24.1 Å². The van der Waals surface area contributed by atoms with Crippen molar-refractivity contribution in [2.24, 2.45) is 5.41 Å². The van der Waals surface area contributed by atoms with E-state index in [1.807, 2.05) is 39.8 Å². The number of unbranched alkanes of at least 4 members (excludes halogenated alkanes) is 1. The SMILES string of the molecule is Cc1nc(NCCCCNC(=O)C(C)(C)C)ccc1N. The maximum Gasteiger partial charge on any atom is 0.225 e. The molecule has 0 saturated heterocycles. The van der Waals surface area contributed by atoms with Crippen LogP contribution in [0.3, 0.4) is 0 Å². The molecule has 0 atom stereocenters. The number of aryl methyl sites for hydroxylation is 1. The van der Waals surface area contributed by atoms with Crippen molar-refractivity contribution in [2.45, 2.75) is 40.5 Å². The Hall–Kier alpha value is -1.78. The fourth-order valence-electron chi connectivity index (χ4n) is 1.60. The number of carbonyl (C=O) groups excluding carboxylic acids is 1. The van der Waals surface area contributed by atoms with Crippen molar-refractivity contribution >= 4 is 17.4 Å². The molecule has 0 aliphatic carbocycles. The highest BCUT2D eigenvalue weighted by Crippen LogP contribution is 2.13. The number of nitrogens with two attached hydrogens (primary N) is 1. The standard InChI is InChI=1S/C15H26N4O/c1-11-12(16)7-8-13(19-11)17-9-5-6-10-18-14(20)15(2,3)4/h7-8H,5-6,9-10,16H2,1-4H3,(H,17,19)(H,18,20). The molecule has 0 saturated carbocycles. The summed E-state index contributed by atoms with van der Waals surface area (Å²) >= 11 is 0. The number of rotatable bonds is 6. The molecule has 5 heteroatoms. The van der Waals surface area contributed by atoms with Gasteiger partial charge in [-0.3, -0.25) is 4.79 Å². The van der Waals surface area contributed by atoms with Crippen LogP contribution in [0.5, 0.6) is 0 Å². The van der Waals surface area contributed by atoms with E-state index in [0.717, 1.165) is 30.9 Å². The van der Waals surface area contributed by atoms with Crippen LogP contribution in [0.25, 0.3) is 0 Å². The summed E-state index contributed by atoms with van der Waals surface area (Å²) in [5, 5.41) is 6.19. The number of carbonyl (C=O) groups is 1. The van der Waals surface area contributed by atoms with Crippen LogP contribution in [0.1, 0.15) is 39.3 Å². The van der Waals surface area contributed by atoms with E-state index < -0.39 is 0 Å². The van der Waals surface area contributed by atoms with E-state index in [4.69, 9.17) is 5.73 Å². The Bertz CT molecular complexity index is 452. The van der Waals surface area contributed by atoms with Crippen molar-refractivity contribution in [1.29, 1.82) is 0 Å². The van der Waals surface area contributed by atoms with Gasteiger partial charge in [0.1, 0.15) is 5.82 Å². The van der Waals surface area contributed by atoms with Crippen molar-refractivity contribution in [3.63, 3.8) is 0 Å². The topological polar surface area (TPSA) is 80.0 Å². The maximum absolute atomic E-state index is 11.6. The summed E-state index contributed by atoms with van der Waals surface area (Å²) in [5.74, 6) is 0.941. The number of pyridine rings is 1. The van der Waals surface area contributed by atoms with Crippen molar-refractivity contribution in [3.05, 3.63) is 17.8 Å². The molecule has 0 radical (unpaired) electrons. The molecule has 20 heavy (non-hydrogen) atoms. The fourth-order valence-corrected chi connectivity index (χ4v) is 1.60. The van der Waals surface area contributed by atoms with Gasteiger partial charge in [-0.1, -0.05) is 20.8 Å². The molecule has 0 unspecified atom stereocenters. The van der Waals surface area contributed by atoms with Gasteiger partial charge in [0.05, 0.1) is 11.4 Å². The molecule has 1 amide bonds. The van der Waals surface area contributed by atoms with Crippen LogP contribution in [-0.2, 0) is 4.79 Å². The van der Waals surface area contributed by atoms with E-state index in [1.54, 1.807) is 0 Å². The lowest BCUT2D eigenvalue weighted by Gasteiger charge is -2.17. The quantitative estimate of drug-likeness (QED) is 0.698. The molecule has 1 heterocycles. The lowest BCUT2D eigenvalue weighted by molar-refractivity contribution is -0.128. The predicted molar refractivity (Wildman–Crippen MR) is 83.6 cm³/mol. The average molecular weight is 278 g/mol. The zero-order chi connectivity index (χ0) is 15.2. The van der Waals surface area contributed by atoms with Gasteiger partial charge < -0.3 is 16.4 Å². The normalized spacial score (nSPS) is 11.2. The van der Waals surface area contributed by atoms with Crippen molar-refractivity contribution in [3.8, 4) is 0 Å². The Balaban J connectivity index is 2.16. The van der Waals surface area contributed by atoms with Crippen LogP contribution in [0.4, 0.5) is 11.5 Å². The summed E-state index contributed by atoms with van der Waals surface area (Å²) in [6.07, 6.45) is 1.93. The van der Waals surface area contributed by atoms with Gasteiger partial charge in [0.25, 0.3) is 0 Å². The molecule has 4 N–H and O–H groups in total. The highest BCUT2D eigenvalue weighted by molar-refractivity contribution is 5.81. The minimum Gasteiger partial charge on any atom is -0.397 e. The monoisotopic (exact) mass is 278 g/mol. The lowest BCUT2D eigenvalue weighted by Crippen LogP contribution is -2.35. The van der Waals surface area contributed by atoms with E-state index in [-0.39, 0.29) is 11.3 Å². The van der Waals surface area contributed by atoms with Gasteiger partial charge in [-0.05, 0) is 31.9 Å². The zero-order valence-electron chi connectivity index (χ0n) is 12.9. The largest absolute Gasteiger partial charge is 0.397 e. The van der Waals surface area contributed by atoms with E-state index >= 15 is 0 Å². The fraction of sp³-hybridized carbons (Fsp3) is 0.600. The first-order valence-corrected chi connectivity index (χ1v) is 7.06. The van der Waals surface area contributed by atoms with Gasteiger partial charge in [0.2, 0.25) is 5.91 Å². The summed E-state index contributed by atoms with van der Waals surface area (Å²) in [7, 11) is 0. The highest BCUT2D eigenvalue weighted by atomic mass is 16.2. The molecular formula is C15H26N4O. The Labute approximate surface area is 121 Å². The van der Waals surface area contributed by atoms with Crippen LogP contribution in [0.15, 0.2) is 12.1 Å². The number of nitrogens with one attached hydrogen (secondary N) is 2. The van der Waals surface area contributed by atoms with Gasteiger partial charge in [0.15, 0.2) is 0 Å². The zero-order valence-corrected chi connectivity index (χ0v) is 12.9. The molecule has 1 aromatic heterocycles. The van der Waals surface area contributed by atoms with E-state index in [1.165, 1.54) is 0 Å². The molecule has 0 spiro atoms. The second-order valence-corrected chi connectivity index (χ2v) is 6.01. The first-order chi connectivity index (χ1) is 9.30. The molecular weight excluding hydrogens is 252 g/mol. The van der Waals surface area contributed by atoms with Gasteiger partial charge in [-0.25, -0.2) is 4.98 Å². The first-order valence-electron chi connectivity index (χ1n) is 7.06. The smallest absolute Gasteiger partial charge is 0.225 e. The average Bonchev–Trinajstić information content (AvgIpc) is 2.36. The van der Waals surface area contributed by atoms with Crippen LogP contribution < -0.4 is 16.4 Å². The molecule has 1 rings (SSSR count). The number of anilines is 2. The lowest BCUT2D eigenvalue weighted by atomic mass is 9.96. The van der Waals surface area contributed by atoms with Crippen LogP contribution in [0, 0.1) is 12.3 Å². The third kappa shape index (κ3) is 5.47. The van der Waals surface area contributed by atoms with Crippen LogP contribution in [0.2, 0.25) is 0 Å². The summed E-state index contributed by atoms with van der Waals surface area (Å²) in [6, 6.07) is 3.73. The number of hydrogen-bond acceptors (Lipinski definition) is 4.